The van der Waals surface area contributed by atoms with E-state index in [-0.39, 0.29) is 36.7 Å². The molecule has 9 heteroatoms. The minimum Gasteiger partial charge on any atom is -0.497 e. The largest absolute Gasteiger partial charge is 0.497 e. The van der Waals surface area contributed by atoms with Crippen molar-refractivity contribution in [3.05, 3.63) is 58.7 Å². The van der Waals surface area contributed by atoms with Crippen LogP contribution in [-0.2, 0) is 22.7 Å². The predicted octanol–water partition coefficient (Wildman–Crippen LogP) is 2.90. The molecule has 1 unspecified atom stereocenters. The van der Waals surface area contributed by atoms with Gasteiger partial charge in [-0.05, 0) is 41.2 Å². The van der Waals surface area contributed by atoms with Crippen LogP contribution in [-0.4, -0.2) is 41.8 Å². The third-order valence-corrected chi connectivity index (χ3v) is 6.17. The van der Waals surface area contributed by atoms with Crippen molar-refractivity contribution >= 4 is 29.4 Å². The number of methoxy groups -OCH3 is 1. The zero-order valence-electron chi connectivity index (χ0n) is 19.4. The normalized spacial score (nSPS) is 17.5. The van der Waals surface area contributed by atoms with Gasteiger partial charge in [0, 0.05) is 36.8 Å². The van der Waals surface area contributed by atoms with E-state index in [4.69, 9.17) is 4.74 Å². The number of piperidine rings is 1. The molecule has 0 radical (unpaired) electrons. The minimum atomic E-state index is -0.650. The number of imide groups is 1. The van der Waals surface area contributed by atoms with Crippen LogP contribution in [0.2, 0.25) is 0 Å². The lowest BCUT2D eigenvalue weighted by molar-refractivity contribution is -0.136. The van der Waals surface area contributed by atoms with Gasteiger partial charge in [-0.2, -0.15) is 0 Å². The molecular weight excluding hydrogens is 436 g/mol. The van der Waals surface area contributed by atoms with Gasteiger partial charge in [0.25, 0.3) is 5.91 Å². The van der Waals surface area contributed by atoms with Crippen LogP contribution in [0, 0.1) is 0 Å². The van der Waals surface area contributed by atoms with Crippen LogP contribution in [0.15, 0.2) is 36.4 Å². The summed E-state index contributed by atoms with van der Waals surface area (Å²) in [6.45, 7) is 4.67. The Bertz CT molecular complexity index is 1160. The molecule has 178 valence electrons. The van der Waals surface area contributed by atoms with Crippen molar-refractivity contribution in [3.63, 3.8) is 0 Å². The van der Waals surface area contributed by atoms with Gasteiger partial charge in [-0.15, -0.1) is 0 Å². The number of carbonyl (C=O) groups excluding carboxylic acids is 4. The van der Waals surface area contributed by atoms with E-state index in [9.17, 15) is 19.2 Å². The molecule has 2 aliphatic rings. The Kier molecular flexibility index (Phi) is 6.54. The Hall–Kier alpha value is -3.88. The van der Waals surface area contributed by atoms with E-state index in [1.807, 2.05) is 18.2 Å². The van der Waals surface area contributed by atoms with E-state index in [1.165, 1.54) is 4.90 Å². The molecule has 9 nitrogen and oxygen atoms in total. The number of ether oxygens (including phenoxy) is 1. The number of carbonyl (C=O) groups is 4. The van der Waals surface area contributed by atoms with Crippen molar-refractivity contribution < 1.29 is 23.9 Å². The standard InChI is InChI=1S/C25H28N4O5/c1-14(2)18-7-5-17(34-3)11-20(18)27-25(33)26-12-15-4-6-19-16(10-15)13-29(24(19)32)21-8-9-22(30)28-23(21)31/h4-7,10-11,14,21H,8-9,12-13H2,1-3H3,(H2,26,27,33)(H,28,30,31). The van der Waals surface area contributed by atoms with E-state index in [0.717, 1.165) is 16.7 Å². The highest BCUT2D eigenvalue weighted by atomic mass is 16.5. The minimum absolute atomic E-state index is 0.215. The second-order valence-electron chi connectivity index (χ2n) is 8.81. The van der Waals surface area contributed by atoms with Gasteiger partial charge in [-0.25, -0.2) is 4.79 Å². The van der Waals surface area contributed by atoms with E-state index in [0.29, 0.717) is 30.0 Å². The first kappa shape index (κ1) is 23.3. The van der Waals surface area contributed by atoms with Crippen molar-refractivity contribution in [2.75, 3.05) is 12.4 Å². The summed E-state index contributed by atoms with van der Waals surface area (Å²) in [5.41, 5.74) is 3.86. The molecule has 0 bridgehead atoms. The second kappa shape index (κ2) is 9.54. The van der Waals surface area contributed by atoms with Crippen LogP contribution < -0.4 is 20.7 Å². The third-order valence-electron chi connectivity index (χ3n) is 6.17. The smallest absolute Gasteiger partial charge is 0.319 e. The number of anilines is 1. The fraction of sp³-hybridized carbons (Fsp3) is 0.360. The van der Waals surface area contributed by atoms with Crippen LogP contribution >= 0.6 is 0 Å². The van der Waals surface area contributed by atoms with Gasteiger partial charge in [0.2, 0.25) is 11.8 Å². The maximum absolute atomic E-state index is 12.8. The highest BCUT2D eigenvalue weighted by molar-refractivity contribution is 6.05. The molecule has 0 spiro atoms. The van der Waals surface area contributed by atoms with Crippen LogP contribution in [0.4, 0.5) is 10.5 Å². The van der Waals surface area contributed by atoms with Crippen LogP contribution in [0.5, 0.6) is 5.75 Å². The summed E-state index contributed by atoms with van der Waals surface area (Å²) in [6.07, 6.45) is 0.536. The summed E-state index contributed by atoms with van der Waals surface area (Å²) in [5.74, 6) is -0.0897. The average Bonchev–Trinajstić information content (AvgIpc) is 3.13. The number of urea groups is 1. The van der Waals surface area contributed by atoms with Gasteiger partial charge in [0.1, 0.15) is 11.8 Å². The first-order chi connectivity index (χ1) is 16.3. The molecular formula is C25H28N4O5. The van der Waals surface area contributed by atoms with Crippen molar-refractivity contribution in [3.8, 4) is 5.75 Å². The van der Waals surface area contributed by atoms with Crippen molar-refractivity contribution in [1.29, 1.82) is 0 Å². The zero-order chi connectivity index (χ0) is 24.4. The molecule has 2 aliphatic heterocycles. The fourth-order valence-corrected chi connectivity index (χ4v) is 4.36. The van der Waals surface area contributed by atoms with Crippen LogP contribution in [0.1, 0.15) is 59.7 Å². The number of rotatable bonds is 6. The molecule has 0 aliphatic carbocycles. The number of fused-ring (bicyclic) bond motifs is 1. The number of amides is 5. The van der Waals surface area contributed by atoms with E-state index < -0.39 is 11.9 Å². The van der Waals surface area contributed by atoms with Crippen molar-refractivity contribution in [2.45, 2.75) is 51.7 Å². The zero-order valence-corrected chi connectivity index (χ0v) is 19.4. The van der Waals surface area contributed by atoms with Crippen molar-refractivity contribution in [2.24, 2.45) is 0 Å². The third kappa shape index (κ3) is 4.73. The monoisotopic (exact) mass is 464 g/mol. The number of hydrogen-bond donors (Lipinski definition) is 3. The SMILES string of the molecule is COc1ccc(C(C)C)c(NC(=O)NCc2ccc3c(c2)CN(C2CCC(=O)NC2=O)C3=O)c1. The summed E-state index contributed by atoms with van der Waals surface area (Å²) in [6, 6.07) is 9.96. The quantitative estimate of drug-likeness (QED) is 0.569. The maximum Gasteiger partial charge on any atom is 0.319 e. The predicted molar refractivity (Wildman–Crippen MR) is 125 cm³/mol. The lowest BCUT2D eigenvalue weighted by Crippen LogP contribution is -2.52. The molecule has 2 heterocycles. The maximum atomic E-state index is 12.8. The number of hydrogen-bond acceptors (Lipinski definition) is 5. The number of benzene rings is 2. The molecule has 1 atom stereocenters. The highest BCUT2D eigenvalue weighted by Gasteiger charge is 2.39. The topological polar surface area (TPSA) is 117 Å². The Morgan fingerprint density at radius 3 is 2.68 bits per heavy atom. The Balaban J connectivity index is 1.40. The average molecular weight is 465 g/mol. The highest BCUT2D eigenvalue weighted by Crippen LogP contribution is 2.29. The Labute approximate surface area is 197 Å². The molecule has 2 aromatic rings. The molecule has 5 amide bonds. The molecule has 2 aromatic carbocycles. The van der Waals surface area contributed by atoms with E-state index >= 15 is 0 Å². The Morgan fingerprint density at radius 1 is 1.18 bits per heavy atom. The van der Waals surface area contributed by atoms with Gasteiger partial charge < -0.3 is 20.3 Å². The number of nitrogens with zero attached hydrogens (tertiary/aromatic N) is 1. The number of nitrogens with one attached hydrogen (secondary N) is 3. The van der Waals surface area contributed by atoms with Gasteiger partial charge >= 0.3 is 6.03 Å². The summed E-state index contributed by atoms with van der Waals surface area (Å²) in [4.78, 5) is 50.5. The van der Waals surface area contributed by atoms with Gasteiger partial charge in [0.05, 0.1) is 7.11 Å². The van der Waals surface area contributed by atoms with E-state index in [2.05, 4.69) is 29.8 Å². The Morgan fingerprint density at radius 2 is 1.97 bits per heavy atom. The lowest BCUT2D eigenvalue weighted by Gasteiger charge is -2.29. The van der Waals surface area contributed by atoms with Gasteiger partial charge in [-0.3, -0.25) is 19.7 Å². The van der Waals surface area contributed by atoms with E-state index in [1.54, 1.807) is 25.3 Å². The fourth-order valence-electron chi connectivity index (χ4n) is 4.36. The first-order valence-electron chi connectivity index (χ1n) is 11.3. The van der Waals surface area contributed by atoms with Crippen molar-refractivity contribution in [1.82, 2.24) is 15.5 Å². The summed E-state index contributed by atoms with van der Waals surface area (Å²) < 4.78 is 5.27. The summed E-state index contributed by atoms with van der Waals surface area (Å²) in [5, 5.41) is 8.04. The van der Waals surface area contributed by atoms with Crippen LogP contribution in [0.3, 0.4) is 0 Å². The van der Waals surface area contributed by atoms with Gasteiger partial charge in [0.15, 0.2) is 0 Å². The summed E-state index contributed by atoms with van der Waals surface area (Å²) in [7, 11) is 1.58. The molecule has 3 N–H and O–H groups in total. The molecule has 0 saturated carbocycles. The first-order valence-corrected chi connectivity index (χ1v) is 11.3. The van der Waals surface area contributed by atoms with Crippen LogP contribution in [0.25, 0.3) is 0 Å². The molecule has 1 saturated heterocycles. The lowest BCUT2D eigenvalue weighted by atomic mass is 10.0. The second-order valence-corrected chi connectivity index (χ2v) is 8.81. The molecule has 4 rings (SSSR count). The molecule has 0 aromatic heterocycles. The molecule has 34 heavy (non-hydrogen) atoms. The van der Waals surface area contributed by atoms with Gasteiger partial charge in [-0.1, -0.05) is 32.0 Å². The summed E-state index contributed by atoms with van der Waals surface area (Å²) >= 11 is 0. The molecule has 1 fully saturated rings.